The molecule has 1 aromatic rings. The molecule has 0 aliphatic heterocycles. The van der Waals surface area contributed by atoms with E-state index < -0.39 is 6.10 Å². The van der Waals surface area contributed by atoms with E-state index in [1.807, 2.05) is 6.07 Å². The lowest BCUT2D eigenvalue weighted by molar-refractivity contribution is -0.914. The highest BCUT2D eigenvalue weighted by atomic mass is 35.5. The first-order valence-corrected chi connectivity index (χ1v) is 6.45. The topological polar surface area (TPSA) is 20.2 Å². The molecule has 0 aliphatic rings. The summed E-state index contributed by atoms with van der Waals surface area (Å²) in [7, 11) is 4.21. The van der Waals surface area contributed by atoms with Crippen molar-refractivity contribution in [1.29, 1.82) is 0 Å². The lowest BCUT2D eigenvalue weighted by Crippen LogP contribution is -2.48. The standard InChI is InChI=1S/C13H20Cl2NO/c1-9(2)16(3,4)8-13(17)10-5-6-11(14)12(15)7-10/h5-7,9,13,17H,8H2,1-4H3/q+1/t13-/m0/s1. The number of quaternary nitrogens is 1. The quantitative estimate of drug-likeness (QED) is 0.835. The SMILES string of the molecule is CC(C)[N+](C)(C)C[C@H](O)c1ccc(Cl)c(Cl)c1. The van der Waals surface area contributed by atoms with Crippen molar-refractivity contribution in [3.05, 3.63) is 33.8 Å². The number of benzene rings is 1. The minimum atomic E-state index is -0.526. The predicted molar refractivity (Wildman–Crippen MR) is 73.5 cm³/mol. The summed E-state index contributed by atoms with van der Waals surface area (Å²) < 4.78 is 0.751. The van der Waals surface area contributed by atoms with Gasteiger partial charge in [-0.2, -0.15) is 0 Å². The van der Waals surface area contributed by atoms with E-state index in [4.69, 9.17) is 23.2 Å². The zero-order valence-electron chi connectivity index (χ0n) is 10.7. The number of aliphatic hydroxyl groups is 1. The van der Waals surface area contributed by atoms with Gasteiger partial charge in [0, 0.05) is 0 Å². The summed E-state index contributed by atoms with van der Waals surface area (Å²) in [6.45, 7) is 4.93. The Morgan fingerprint density at radius 3 is 2.24 bits per heavy atom. The molecule has 0 unspecified atom stereocenters. The highest BCUT2D eigenvalue weighted by Crippen LogP contribution is 2.27. The number of aliphatic hydroxyl groups excluding tert-OH is 1. The van der Waals surface area contributed by atoms with Crippen LogP contribution >= 0.6 is 23.2 Å². The van der Waals surface area contributed by atoms with Crippen molar-refractivity contribution in [1.82, 2.24) is 0 Å². The van der Waals surface area contributed by atoms with E-state index in [9.17, 15) is 5.11 Å². The van der Waals surface area contributed by atoms with Gasteiger partial charge in [-0.05, 0) is 31.5 Å². The Bertz CT molecular complexity index is 391. The van der Waals surface area contributed by atoms with Gasteiger partial charge in [-0.1, -0.05) is 29.3 Å². The Labute approximate surface area is 113 Å². The molecule has 1 aromatic carbocycles. The smallest absolute Gasteiger partial charge is 0.128 e. The fourth-order valence-electron chi connectivity index (χ4n) is 1.48. The van der Waals surface area contributed by atoms with Crippen LogP contribution in [0.25, 0.3) is 0 Å². The van der Waals surface area contributed by atoms with E-state index in [1.54, 1.807) is 12.1 Å². The Hall–Kier alpha value is -0.280. The molecule has 0 radical (unpaired) electrons. The van der Waals surface area contributed by atoms with Crippen LogP contribution in [-0.4, -0.2) is 36.3 Å². The van der Waals surface area contributed by atoms with E-state index >= 15 is 0 Å². The zero-order chi connectivity index (χ0) is 13.2. The van der Waals surface area contributed by atoms with Crippen LogP contribution in [-0.2, 0) is 0 Å². The number of halogens is 2. The second-order valence-electron chi connectivity index (χ2n) is 5.24. The molecule has 1 N–H and O–H groups in total. The van der Waals surface area contributed by atoms with Gasteiger partial charge in [0.1, 0.15) is 12.6 Å². The first-order valence-electron chi connectivity index (χ1n) is 5.69. The number of hydrogen-bond donors (Lipinski definition) is 1. The number of nitrogens with zero attached hydrogens (tertiary/aromatic N) is 1. The third kappa shape index (κ3) is 3.85. The zero-order valence-corrected chi connectivity index (χ0v) is 12.3. The normalized spacial score (nSPS) is 14.1. The van der Waals surface area contributed by atoms with Crippen LogP contribution in [0.4, 0.5) is 0 Å². The molecule has 1 atom stereocenters. The molecule has 0 spiro atoms. The fraction of sp³-hybridized carbons (Fsp3) is 0.538. The molecule has 0 bridgehead atoms. The molecule has 0 heterocycles. The Morgan fingerprint density at radius 2 is 1.76 bits per heavy atom. The van der Waals surface area contributed by atoms with Gasteiger partial charge in [0.2, 0.25) is 0 Å². The van der Waals surface area contributed by atoms with Gasteiger partial charge in [0.05, 0.1) is 30.2 Å². The monoisotopic (exact) mass is 276 g/mol. The minimum Gasteiger partial charge on any atom is -0.382 e. The number of likely N-dealkylation sites (N-methyl/N-ethyl adjacent to an activating group) is 1. The number of hydrogen-bond acceptors (Lipinski definition) is 1. The highest BCUT2D eigenvalue weighted by Gasteiger charge is 2.25. The molecular weight excluding hydrogens is 257 g/mol. The maximum Gasteiger partial charge on any atom is 0.128 e. The van der Waals surface area contributed by atoms with Crippen molar-refractivity contribution in [3.8, 4) is 0 Å². The Kier molecular flexibility index (Phi) is 4.85. The third-order valence-corrected chi connectivity index (χ3v) is 4.11. The van der Waals surface area contributed by atoms with E-state index in [1.165, 1.54) is 0 Å². The molecule has 17 heavy (non-hydrogen) atoms. The summed E-state index contributed by atoms with van der Waals surface area (Å²) in [5, 5.41) is 11.2. The van der Waals surface area contributed by atoms with Gasteiger partial charge in [-0.3, -0.25) is 0 Å². The molecule has 96 valence electrons. The van der Waals surface area contributed by atoms with Gasteiger partial charge >= 0.3 is 0 Å². The largest absolute Gasteiger partial charge is 0.382 e. The first kappa shape index (κ1) is 14.8. The third-order valence-electron chi connectivity index (χ3n) is 3.37. The predicted octanol–water partition coefficient (Wildman–Crippen LogP) is 3.51. The van der Waals surface area contributed by atoms with E-state index in [0.717, 1.165) is 10.0 Å². The van der Waals surface area contributed by atoms with Gasteiger partial charge < -0.3 is 9.59 Å². The van der Waals surface area contributed by atoms with Gasteiger partial charge in [-0.25, -0.2) is 0 Å². The number of rotatable bonds is 4. The van der Waals surface area contributed by atoms with Crippen LogP contribution in [0, 0.1) is 0 Å². The van der Waals surface area contributed by atoms with Crippen LogP contribution in [0.3, 0.4) is 0 Å². The second kappa shape index (κ2) is 5.57. The summed E-state index contributed by atoms with van der Waals surface area (Å²) in [6, 6.07) is 5.72. The molecule has 0 aromatic heterocycles. The molecular formula is C13H20Cl2NO+. The molecule has 4 heteroatoms. The van der Waals surface area contributed by atoms with Crippen molar-refractivity contribution < 1.29 is 9.59 Å². The molecule has 0 amide bonds. The van der Waals surface area contributed by atoms with Gasteiger partial charge in [0.25, 0.3) is 0 Å². The van der Waals surface area contributed by atoms with E-state index in [2.05, 4.69) is 27.9 Å². The van der Waals surface area contributed by atoms with E-state index in [0.29, 0.717) is 22.6 Å². The average molecular weight is 277 g/mol. The van der Waals surface area contributed by atoms with Gasteiger partial charge in [-0.15, -0.1) is 0 Å². The Morgan fingerprint density at radius 1 is 1.18 bits per heavy atom. The molecule has 1 rings (SSSR count). The van der Waals surface area contributed by atoms with Crippen LogP contribution in [0.5, 0.6) is 0 Å². The van der Waals surface area contributed by atoms with Crippen molar-refractivity contribution in [2.75, 3.05) is 20.6 Å². The molecule has 0 aliphatic carbocycles. The minimum absolute atomic E-state index is 0.451. The van der Waals surface area contributed by atoms with Crippen LogP contribution in [0.15, 0.2) is 18.2 Å². The Balaban J connectivity index is 2.83. The first-order chi connectivity index (χ1) is 7.74. The summed E-state index contributed by atoms with van der Waals surface area (Å²) in [6.07, 6.45) is -0.526. The lowest BCUT2D eigenvalue weighted by Gasteiger charge is -2.36. The van der Waals surface area contributed by atoms with Crippen molar-refractivity contribution in [3.63, 3.8) is 0 Å². The summed E-state index contributed by atoms with van der Waals surface area (Å²) >= 11 is 11.8. The summed E-state index contributed by atoms with van der Waals surface area (Å²) in [5.74, 6) is 0. The maximum atomic E-state index is 10.2. The molecule has 0 saturated carbocycles. The van der Waals surface area contributed by atoms with Crippen LogP contribution in [0.2, 0.25) is 10.0 Å². The van der Waals surface area contributed by atoms with E-state index in [-0.39, 0.29) is 0 Å². The molecule has 0 fully saturated rings. The molecule has 2 nitrogen and oxygen atoms in total. The van der Waals surface area contributed by atoms with Crippen molar-refractivity contribution in [2.24, 2.45) is 0 Å². The van der Waals surface area contributed by atoms with Crippen LogP contribution in [0.1, 0.15) is 25.5 Å². The summed E-state index contributed by atoms with van der Waals surface area (Å²) in [5.41, 5.74) is 0.811. The second-order valence-corrected chi connectivity index (χ2v) is 6.06. The summed E-state index contributed by atoms with van der Waals surface area (Å²) in [4.78, 5) is 0. The van der Waals surface area contributed by atoms with Crippen LogP contribution < -0.4 is 0 Å². The van der Waals surface area contributed by atoms with Gasteiger partial charge in [0.15, 0.2) is 0 Å². The molecule has 0 saturated heterocycles. The fourth-order valence-corrected chi connectivity index (χ4v) is 1.79. The van der Waals surface area contributed by atoms with Crippen molar-refractivity contribution >= 4 is 23.2 Å². The average Bonchev–Trinajstić information content (AvgIpc) is 2.21. The van der Waals surface area contributed by atoms with Crippen molar-refractivity contribution in [2.45, 2.75) is 26.0 Å². The lowest BCUT2D eigenvalue weighted by atomic mass is 10.1. The highest BCUT2D eigenvalue weighted by molar-refractivity contribution is 6.42. The maximum absolute atomic E-state index is 10.2.